The fourth-order valence-electron chi connectivity index (χ4n) is 2.34. The number of nitrogens with one attached hydrogen (secondary N) is 1. The summed E-state index contributed by atoms with van der Waals surface area (Å²) in [6.07, 6.45) is 0. The molecule has 0 aromatic heterocycles. The van der Waals surface area contributed by atoms with Gasteiger partial charge in [0.1, 0.15) is 0 Å². The maximum Gasteiger partial charge on any atom is 0.237 e. The van der Waals surface area contributed by atoms with Crippen molar-refractivity contribution in [2.45, 2.75) is 30.9 Å². The lowest BCUT2D eigenvalue weighted by Crippen LogP contribution is -2.23. The molecule has 0 spiro atoms. The van der Waals surface area contributed by atoms with Crippen LogP contribution in [0.2, 0.25) is 0 Å². The Kier molecular flexibility index (Phi) is 6.53. The first-order valence-electron chi connectivity index (χ1n) is 8.01. The number of hydrogen-bond donors (Lipinski definition) is 1. The number of thioether (sulfide) groups is 1. The van der Waals surface area contributed by atoms with Crippen molar-refractivity contribution in [3.63, 3.8) is 0 Å². The number of carbonyl (C=O) groups excluding carboxylic acids is 1. The van der Waals surface area contributed by atoms with Crippen LogP contribution in [0.25, 0.3) is 0 Å². The van der Waals surface area contributed by atoms with Gasteiger partial charge in [0.2, 0.25) is 5.91 Å². The van der Waals surface area contributed by atoms with Crippen molar-refractivity contribution in [2.75, 3.05) is 23.3 Å². The molecular weight excluding hydrogens is 304 g/mol. The molecule has 0 heterocycles. The molecular formula is C19H24N2OS. The van der Waals surface area contributed by atoms with E-state index in [0.717, 1.165) is 23.7 Å². The number of amides is 1. The minimum atomic E-state index is -0.139. The molecule has 2 aromatic carbocycles. The standard InChI is InChI=1S/C19H24N2OS/c1-4-21(5-2)17-13-11-16(12-14-17)20-19(22)15(3)23-18-9-7-6-8-10-18/h6-15H,4-5H2,1-3H3,(H,20,22). The maximum atomic E-state index is 12.3. The molecule has 0 radical (unpaired) electrons. The Morgan fingerprint density at radius 2 is 1.65 bits per heavy atom. The Balaban J connectivity index is 1.94. The van der Waals surface area contributed by atoms with Gasteiger partial charge in [-0.25, -0.2) is 0 Å². The molecule has 0 bridgehead atoms. The zero-order chi connectivity index (χ0) is 16.7. The summed E-state index contributed by atoms with van der Waals surface area (Å²) in [5.41, 5.74) is 2.02. The molecule has 122 valence electrons. The molecule has 0 aliphatic heterocycles. The van der Waals surface area contributed by atoms with Gasteiger partial charge < -0.3 is 10.2 Å². The van der Waals surface area contributed by atoms with Gasteiger partial charge in [-0.3, -0.25) is 4.79 Å². The molecule has 0 saturated carbocycles. The number of rotatable bonds is 7. The van der Waals surface area contributed by atoms with Crippen LogP contribution >= 0.6 is 11.8 Å². The Morgan fingerprint density at radius 1 is 1.04 bits per heavy atom. The number of benzene rings is 2. The predicted octanol–water partition coefficient (Wildman–Crippen LogP) is 4.65. The molecule has 2 aromatic rings. The number of hydrogen-bond acceptors (Lipinski definition) is 3. The van der Waals surface area contributed by atoms with Crippen LogP contribution in [0, 0.1) is 0 Å². The lowest BCUT2D eigenvalue weighted by molar-refractivity contribution is -0.115. The molecule has 3 nitrogen and oxygen atoms in total. The molecule has 1 atom stereocenters. The van der Waals surface area contributed by atoms with E-state index < -0.39 is 0 Å². The summed E-state index contributed by atoms with van der Waals surface area (Å²) in [4.78, 5) is 15.7. The van der Waals surface area contributed by atoms with Crippen LogP contribution < -0.4 is 10.2 Å². The van der Waals surface area contributed by atoms with Crippen LogP contribution in [0.15, 0.2) is 59.5 Å². The zero-order valence-electron chi connectivity index (χ0n) is 14.0. The third-order valence-electron chi connectivity index (χ3n) is 3.69. The highest BCUT2D eigenvalue weighted by Gasteiger charge is 2.14. The minimum Gasteiger partial charge on any atom is -0.372 e. The molecule has 4 heteroatoms. The molecule has 0 aliphatic rings. The van der Waals surface area contributed by atoms with Crippen LogP contribution in [0.4, 0.5) is 11.4 Å². The number of anilines is 2. The SMILES string of the molecule is CCN(CC)c1ccc(NC(=O)C(C)Sc2ccccc2)cc1. The zero-order valence-corrected chi connectivity index (χ0v) is 14.8. The van der Waals surface area contributed by atoms with Crippen molar-refractivity contribution in [1.29, 1.82) is 0 Å². The first-order chi connectivity index (χ1) is 11.1. The molecule has 0 fully saturated rings. The summed E-state index contributed by atoms with van der Waals surface area (Å²) >= 11 is 1.57. The molecule has 2 rings (SSSR count). The quantitative estimate of drug-likeness (QED) is 0.751. The van der Waals surface area contributed by atoms with Crippen molar-refractivity contribution in [3.05, 3.63) is 54.6 Å². The Morgan fingerprint density at radius 3 is 2.22 bits per heavy atom. The van der Waals surface area contributed by atoms with E-state index in [0.29, 0.717) is 0 Å². The normalized spacial score (nSPS) is 11.8. The Bertz CT molecular complexity index is 609. The summed E-state index contributed by atoms with van der Waals surface area (Å²) in [5.74, 6) is 0.0226. The van der Waals surface area contributed by atoms with Gasteiger partial charge in [-0.15, -0.1) is 11.8 Å². The van der Waals surface area contributed by atoms with Crippen LogP contribution in [-0.4, -0.2) is 24.2 Å². The Hall–Kier alpha value is -1.94. The summed E-state index contributed by atoms with van der Waals surface area (Å²) < 4.78 is 0. The Labute approximate surface area is 143 Å². The monoisotopic (exact) mass is 328 g/mol. The average molecular weight is 328 g/mol. The second-order valence-electron chi connectivity index (χ2n) is 5.28. The van der Waals surface area contributed by atoms with E-state index >= 15 is 0 Å². The van der Waals surface area contributed by atoms with Gasteiger partial charge in [-0.1, -0.05) is 18.2 Å². The third kappa shape index (κ3) is 5.03. The van der Waals surface area contributed by atoms with Gasteiger partial charge in [0.15, 0.2) is 0 Å². The van der Waals surface area contributed by atoms with Gasteiger partial charge in [0, 0.05) is 29.4 Å². The molecule has 1 amide bonds. The van der Waals surface area contributed by atoms with E-state index in [4.69, 9.17) is 0 Å². The van der Waals surface area contributed by atoms with Crippen LogP contribution in [0.5, 0.6) is 0 Å². The first-order valence-corrected chi connectivity index (χ1v) is 8.89. The summed E-state index contributed by atoms with van der Waals surface area (Å²) in [6.45, 7) is 8.17. The topological polar surface area (TPSA) is 32.3 Å². The van der Waals surface area contributed by atoms with Gasteiger partial charge in [0.05, 0.1) is 5.25 Å². The van der Waals surface area contributed by atoms with Gasteiger partial charge in [-0.05, 0) is 57.2 Å². The van der Waals surface area contributed by atoms with E-state index in [1.165, 1.54) is 5.69 Å². The fraction of sp³-hybridized carbons (Fsp3) is 0.316. The molecule has 23 heavy (non-hydrogen) atoms. The van der Waals surface area contributed by atoms with Crippen molar-refractivity contribution >= 4 is 29.0 Å². The molecule has 0 aliphatic carbocycles. The summed E-state index contributed by atoms with van der Waals surface area (Å²) in [6, 6.07) is 18.0. The van der Waals surface area contributed by atoms with Crippen molar-refractivity contribution in [2.24, 2.45) is 0 Å². The van der Waals surface area contributed by atoms with E-state index in [1.54, 1.807) is 11.8 Å². The van der Waals surface area contributed by atoms with Crippen LogP contribution in [-0.2, 0) is 4.79 Å². The summed E-state index contributed by atoms with van der Waals surface area (Å²) in [7, 11) is 0. The van der Waals surface area contributed by atoms with Gasteiger partial charge >= 0.3 is 0 Å². The minimum absolute atomic E-state index is 0.0226. The average Bonchev–Trinajstić information content (AvgIpc) is 2.58. The molecule has 1 unspecified atom stereocenters. The lowest BCUT2D eigenvalue weighted by atomic mass is 10.2. The van der Waals surface area contributed by atoms with Crippen LogP contribution in [0.1, 0.15) is 20.8 Å². The first kappa shape index (κ1) is 17.4. The van der Waals surface area contributed by atoms with Gasteiger partial charge in [-0.2, -0.15) is 0 Å². The highest BCUT2D eigenvalue weighted by molar-refractivity contribution is 8.00. The van der Waals surface area contributed by atoms with E-state index in [-0.39, 0.29) is 11.2 Å². The van der Waals surface area contributed by atoms with E-state index in [1.807, 2.05) is 49.4 Å². The fourth-order valence-corrected chi connectivity index (χ4v) is 3.23. The predicted molar refractivity (Wildman–Crippen MR) is 100 cm³/mol. The summed E-state index contributed by atoms with van der Waals surface area (Å²) in [5, 5.41) is 2.85. The van der Waals surface area contributed by atoms with E-state index in [9.17, 15) is 4.79 Å². The maximum absolute atomic E-state index is 12.3. The third-order valence-corrected chi connectivity index (χ3v) is 4.80. The molecule has 0 saturated heterocycles. The number of nitrogens with zero attached hydrogens (tertiary/aromatic N) is 1. The molecule has 1 N–H and O–H groups in total. The van der Waals surface area contributed by atoms with E-state index in [2.05, 4.69) is 36.2 Å². The lowest BCUT2D eigenvalue weighted by Gasteiger charge is -2.21. The highest BCUT2D eigenvalue weighted by atomic mass is 32.2. The second-order valence-corrected chi connectivity index (χ2v) is 6.70. The highest BCUT2D eigenvalue weighted by Crippen LogP contribution is 2.24. The van der Waals surface area contributed by atoms with Crippen molar-refractivity contribution in [1.82, 2.24) is 0 Å². The van der Waals surface area contributed by atoms with Gasteiger partial charge in [0.25, 0.3) is 0 Å². The van der Waals surface area contributed by atoms with Crippen LogP contribution in [0.3, 0.4) is 0 Å². The van der Waals surface area contributed by atoms with Crippen molar-refractivity contribution < 1.29 is 4.79 Å². The smallest absolute Gasteiger partial charge is 0.237 e. The van der Waals surface area contributed by atoms with Crippen molar-refractivity contribution in [3.8, 4) is 0 Å². The second kappa shape index (κ2) is 8.63. The largest absolute Gasteiger partial charge is 0.372 e. The number of carbonyl (C=O) groups is 1.